The molecule has 6 heteroatoms. The standard InChI is InChI=1S/C25H28N2O2S2/c1-18-11-13-19(14-12-18)23(24(28)26-20-7-3-2-4-8-20)27(17-21-9-5-15-30-21)25(29)22-10-6-16-31-22/h5-6,9-16,20,23H,2-4,7-8,17H2,1H3,(H,26,28)/t23-/m0/s1. The highest BCUT2D eigenvalue weighted by Crippen LogP contribution is 2.29. The summed E-state index contributed by atoms with van der Waals surface area (Å²) in [5.74, 6) is -0.190. The normalized spacial score (nSPS) is 15.4. The monoisotopic (exact) mass is 452 g/mol. The molecule has 1 aliphatic rings. The molecule has 0 unspecified atom stereocenters. The molecule has 0 radical (unpaired) electrons. The van der Waals surface area contributed by atoms with Gasteiger partial charge in [-0.05, 0) is 48.2 Å². The predicted octanol–water partition coefficient (Wildman–Crippen LogP) is 5.95. The molecule has 4 rings (SSSR count). The van der Waals surface area contributed by atoms with E-state index in [4.69, 9.17) is 0 Å². The molecule has 0 spiro atoms. The number of carbonyl (C=O) groups excluding carboxylic acids is 2. The molecule has 4 nitrogen and oxygen atoms in total. The second-order valence-electron chi connectivity index (χ2n) is 8.15. The highest BCUT2D eigenvalue weighted by molar-refractivity contribution is 7.12. The maximum absolute atomic E-state index is 13.6. The zero-order valence-electron chi connectivity index (χ0n) is 17.8. The van der Waals surface area contributed by atoms with Gasteiger partial charge in [0.15, 0.2) is 0 Å². The minimum atomic E-state index is -0.667. The van der Waals surface area contributed by atoms with Crippen molar-refractivity contribution < 1.29 is 9.59 Å². The number of thiophene rings is 2. The summed E-state index contributed by atoms with van der Waals surface area (Å²) in [4.78, 5) is 30.7. The summed E-state index contributed by atoms with van der Waals surface area (Å²) >= 11 is 3.02. The van der Waals surface area contributed by atoms with Gasteiger partial charge in [0.2, 0.25) is 5.91 Å². The van der Waals surface area contributed by atoms with Crippen molar-refractivity contribution >= 4 is 34.5 Å². The van der Waals surface area contributed by atoms with Crippen LogP contribution >= 0.6 is 22.7 Å². The van der Waals surface area contributed by atoms with Crippen molar-refractivity contribution in [3.05, 3.63) is 80.2 Å². The molecule has 1 fully saturated rings. The van der Waals surface area contributed by atoms with Crippen LogP contribution in [0.15, 0.2) is 59.3 Å². The number of aryl methyl sites for hydroxylation is 1. The summed E-state index contributed by atoms with van der Waals surface area (Å²) in [6, 6.07) is 15.2. The van der Waals surface area contributed by atoms with E-state index in [-0.39, 0.29) is 17.9 Å². The third kappa shape index (κ3) is 5.43. The molecule has 2 heterocycles. The molecular weight excluding hydrogens is 424 g/mol. The lowest BCUT2D eigenvalue weighted by Gasteiger charge is -2.33. The van der Waals surface area contributed by atoms with Gasteiger partial charge in [0.25, 0.3) is 5.91 Å². The molecule has 1 N–H and O–H groups in total. The Morgan fingerprint density at radius 1 is 1.00 bits per heavy atom. The fourth-order valence-electron chi connectivity index (χ4n) is 4.14. The van der Waals surface area contributed by atoms with Crippen LogP contribution in [0.4, 0.5) is 0 Å². The third-order valence-corrected chi connectivity index (χ3v) is 7.52. The predicted molar refractivity (Wildman–Crippen MR) is 127 cm³/mol. The number of hydrogen-bond acceptors (Lipinski definition) is 4. The van der Waals surface area contributed by atoms with Gasteiger partial charge in [-0.25, -0.2) is 0 Å². The highest BCUT2D eigenvalue weighted by Gasteiger charge is 2.34. The van der Waals surface area contributed by atoms with E-state index < -0.39 is 6.04 Å². The van der Waals surface area contributed by atoms with E-state index in [1.54, 1.807) is 16.2 Å². The number of amides is 2. The van der Waals surface area contributed by atoms with Crippen molar-refractivity contribution in [2.75, 3.05) is 0 Å². The smallest absolute Gasteiger partial charge is 0.265 e. The first kappa shape index (κ1) is 21.8. The summed E-state index contributed by atoms with van der Waals surface area (Å²) in [5, 5.41) is 7.17. The van der Waals surface area contributed by atoms with Crippen LogP contribution in [0.1, 0.15) is 63.8 Å². The number of benzene rings is 1. The number of nitrogens with one attached hydrogen (secondary N) is 1. The molecule has 1 saturated carbocycles. The molecule has 2 amide bonds. The Balaban J connectivity index is 1.70. The summed E-state index contributed by atoms with van der Waals surface area (Å²) in [6.07, 6.45) is 5.54. The van der Waals surface area contributed by atoms with E-state index in [9.17, 15) is 9.59 Å². The van der Waals surface area contributed by atoms with E-state index in [0.717, 1.165) is 41.7 Å². The molecular formula is C25H28N2O2S2. The lowest BCUT2D eigenvalue weighted by atomic mass is 9.94. The SMILES string of the molecule is Cc1ccc([C@@H](C(=O)NC2CCCCC2)N(Cc2cccs2)C(=O)c2cccs2)cc1. The Bertz CT molecular complexity index is 975. The van der Waals surface area contributed by atoms with Crippen LogP contribution in [0.3, 0.4) is 0 Å². The van der Waals surface area contributed by atoms with Crippen LogP contribution in [-0.4, -0.2) is 22.8 Å². The van der Waals surface area contributed by atoms with Crippen LogP contribution in [0, 0.1) is 6.92 Å². The Morgan fingerprint density at radius 3 is 2.35 bits per heavy atom. The molecule has 0 bridgehead atoms. The maximum atomic E-state index is 13.6. The molecule has 0 saturated heterocycles. The number of hydrogen-bond donors (Lipinski definition) is 1. The van der Waals surface area contributed by atoms with Gasteiger partial charge < -0.3 is 10.2 Å². The topological polar surface area (TPSA) is 49.4 Å². The van der Waals surface area contributed by atoms with E-state index in [2.05, 4.69) is 5.32 Å². The zero-order valence-corrected chi connectivity index (χ0v) is 19.4. The van der Waals surface area contributed by atoms with Crippen molar-refractivity contribution in [3.63, 3.8) is 0 Å². The lowest BCUT2D eigenvalue weighted by molar-refractivity contribution is -0.127. The van der Waals surface area contributed by atoms with Gasteiger partial charge in [0.05, 0.1) is 11.4 Å². The van der Waals surface area contributed by atoms with Gasteiger partial charge in [-0.3, -0.25) is 9.59 Å². The first-order valence-electron chi connectivity index (χ1n) is 10.9. The van der Waals surface area contributed by atoms with Gasteiger partial charge in [-0.15, -0.1) is 22.7 Å². The zero-order chi connectivity index (χ0) is 21.6. The maximum Gasteiger partial charge on any atom is 0.265 e. The van der Waals surface area contributed by atoms with E-state index in [1.807, 2.05) is 66.2 Å². The van der Waals surface area contributed by atoms with Gasteiger partial charge >= 0.3 is 0 Å². The Kier molecular flexibility index (Phi) is 7.20. The molecule has 0 aliphatic heterocycles. The van der Waals surface area contributed by atoms with Crippen molar-refractivity contribution in [2.45, 2.75) is 57.7 Å². The van der Waals surface area contributed by atoms with Crippen LogP contribution < -0.4 is 5.32 Å². The second-order valence-corrected chi connectivity index (χ2v) is 10.1. The lowest BCUT2D eigenvalue weighted by Crippen LogP contribution is -2.46. The fourth-order valence-corrected chi connectivity index (χ4v) is 5.52. The van der Waals surface area contributed by atoms with Crippen molar-refractivity contribution in [1.29, 1.82) is 0 Å². The Morgan fingerprint density at radius 2 is 1.71 bits per heavy atom. The molecule has 162 valence electrons. The van der Waals surface area contributed by atoms with Crippen LogP contribution in [0.2, 0.25) is 0 Å². The quantitative estimate of drug-likeness (QED) is 0.481. The van der Waals surface area contributed by atoms with Gasteiger partial charge in [-0.1, -0.05) is 61.2 Å². The summed E-state index contributed by atoms with van der Waals surface area (Å²) in [6.45, 7) is 2.44. The molecule has 1 aromatic carbocycles. The third-order valence-electron chi connectivity index (χ3n) is 5.80. The van der Waals surface area contributed by atoms with E-state index in [0.29, 0.717) is 11.4 Å². The number of rotatable bonds is 7. The average Bonchev–Trinajstić information content (AvgIpc) is 3.49. The molecule has 2 aromatic heterocycles. The fraction of sp³-hybridized carbons (Fsp3) is 0.360. The summed E-state index contributed by atoms with van der Waals surface area (Å²) in [7, 11) is 0. The van der Waals surface area contributed by atoms with E-state index in [1.165, 1.54) is 17.8 Å². The molecule has 3 aromatic rings. The van der Waals surface area contributed by atoms with Gasteiger partial charge in [0, 0.05) is 10.9 Å². The minimum absolute atomic E-state index is 0.0859. The minimum Gasteiger partial charge on any atom is -0.351 e. The Labute approximate surface area is 191 Å². The number of carbonyl (C=O) groups is 2. The second kappa shape index (κ2) is 10.2. The Hall–Kier alpha value is -2.44. The van der Waals surface area contributed by atoms with Gasteiger partial charge in [0.1, 0.15) is 6.04 Å². The van der Waals surface area contributed by atoms with Crippen LogP contribution in [0.25, 0.3) is 0 Å². The first-order chi connectivity index (χ1) is 15.1. The van der Waals surface area contributed by atoms with E-state index >= 15 is 0 Å². The van der Waals surface area contributed by atoms with Crippen LogP contribution in [-0.2, 0) is 11.3 Å². The first-order valence-corrected chi connectivity index (χ1v) is 12.6. The number of nitrogens with zero attached hydrogens (tertiary/aromatic N) is 1. The summed E-state index contributed by atoms with van der Waals surface area (Å²) in [5.41, 5.74) is 1.98. The van der Waals surface area contributed by atoms with Crippen LogP contribution in [0.5, 0.6) is 0 Å². The molecule has 1 atom stereocenters. The van der Waals surface area contributed by atoms with Crippen molar-refractivity contribution in [3.8, 4) is 0 Å². The van der Waals surface area contributed by atoms with Gasteiger partial charge in [-0.2, -0.15) is 0 Å². The van der Waals surface area contributed by atoms with Crippen molar-refractivity contribution in [1.82, 2.24) is 10.2 Å². The molecule has 31 heavy (non-hydrogen) atoms. The average molecular weight is 453 g/mol. The summed E-state index contributed by atoms with van der Waals surface area (Å²) < 4.78 is 0. The molecule has 1 aliphatic carbocycles. The van der Waals surface area contributed by atoms with Crippen molar-refractivity contribution in [2.24, 2.45) is 0 Å². The largest absolute Gasteiger partial charge is 0.351 e. The highest BCUT2D eigenvalue weighted by atomic mass is 32.1.